The molecule has 2 saturated heterocycles. The van der Waals surface area contributed by atoms with Crippen LogP contribution in [0.3, 0.4) is 0 Å². The highest BCUT2D eigenvalue weighted by molar-refractivity contribution is 5.63. The van der Waals surface area contributed by atoms with Crippen LogP contribution in [-0.4, -0.2) is 53.3 Å². The molecule has 0 saturated carbocycles. The van der Waals surface area contributed by atoms with E-state index in [9.17, 15) is 10.2 Å². The van der Waals surface area contributed by atoms with E-state index in [0.717, 1.165) is 16.7 Å². The highest BCUT2D eigenvalue weighted by Gasteiger charge is 2.58. The molecule has 0 unspecified atom stereocenters. The van der Waals surface area contributed by atoms with Gasteiger partial charge in [-0.3, -0.25) is 0 Å². The third-order valence-electron chi connectivity index (χ3n) is 5.17. The van der Waals surface area contributed by atoms with Gasteiger partial charge in [-0.05, 0) is 30.5 Å². The van der Waals surface area contributed by atoms with E-state index >= 15 is 0 Å². The molecule has 4 atom stereocenters. The standard InChI is InChI=1S/C22H26O6/c1-21(2)27-14-22(28-21)20(19(24)18(23)13-26-22)25-12-15-8-10-17(11-9-15)16-6-4-3-5-7-16/h3-11,18-20,23-24H,12-14H2,1-2H3/t18-,19-,20-,22+/m1/s1. The van der Waals surface area contributed by atoms with Gasteiger partial charge in [0.25, 0.3) is 0 Å². The first-order chi connectivity index (χ1) is 13.4. The Morgan fingerprint density at radius 1 is 0.964 bits per heavy atom. The van der Waals surface area contributed by atoms with Crippen molar-refractivity contribution in [3.63, 3.8) is 0 Å². The normalized spacial score (nSPS) is 31.9. The van der Waals surface area contributed by atoms with Crippen molar-refractivity contribution in [2.75, 3.05) is 13.2 Å². The van der Waals surface area contributed by atoms with Crippen molar-refractivity contribution < 1.29 is 29.2 Å². The fraction of sp³-hybridized carbons (Fsp3) is 0.455. The summed E-state index contributed by atoms with van der Waals surface area (Å²) in [6.07, 6.45) is -3.04. The second-order valence-electron chi connectivity index (χ2n) is 7.77. The minimum absolute atomic E-state index is 0.0355. The molecule has 2 N–H and O–H groups in total. The smallest absolute Gasteiger partial charge is 0.224 e. The molecular formula is C22H26O6. The van der Waals surface area contributed by atoms with E-state index in [-0.39, 0.29) is 19.8 Å². The number of hydrogen-bond donors (Lipinski definition) is 2. The second-order valence-corrected chi connectivity index (χ2v) is 7.77. The molecule has 28 heavy (non-hydrogen) atoms. The topological polar surface area (TPSA) is 77.4 Å². The third-order valence-corrected chi connectivity index (χ3v) is 5.17. The van der Waals surface area contributed by atoms with Crippen LogP contribution in [0.4, 0.5) is 0 Å². The van der Waals surface area contributed by atoms with E-state index in [1.54, 1.807) is 13.8 Å². The Kier molecular flexibility index (Phi) is 5.26. The Balaban J connectivity index is 1.47. The minimum atomic E-state index is -1.23. The summed E-state index contributed by atoms with van der Waals surface area (Å²) in [5, 5.41) is 20.5. The fourth-order valence-electron chi connectivity index (χ4n) is 3.67. The Bertz CT molecular complexity index is 790. The first-order valence-corrected chi connectivity index (χ1v) is 9.49. The lowest BCUT2D eigenvalue weighted by molar-refractivity contribution is -0.347. The fourth-order valence-corrected chi connectivity index (χ4v) is 3.67. The van der Waals surface area contributed by atoms with Crippen LogP contribution in [0.1, 0.15) is 19.4 Å². The summed E-state index contributed by atoms with van der Waals surface area (Å²) in [6, 6.07) is 18.2. The molecule has 2 fully saturated rings. The van der Waals surface area contributed by atoms with Crippen LogP contribution in [-0.2, 0) is 25.6 Å². The van der Waals surface area contributed by atoms with E-state index in [4.69, 9.17) is 18.9 Å². The Labute approximate surface area is 164 Å². The number of hydrogen-bond acceptors (Lipinski definition) is 6. The summed E-state index contributed by atoms with van der Waals surface area (Å²) in [7, 11) is 0. The van der Waals surface area contributed by atoms with Crippen LogP contribution in [0.2, 0.25) is 0 Å². The van der Waals surface area contributed by atoms with E-state index in [0.29, 0.717) is 0 Å². The Morgan fingerprint density at radius 3 is 2.29 bits per heavy atom. The van der Waals surface area contributed by atoms with Crippen molar-refractivity contribution >= 4 is 0 Å². The van der Waals surface area contributed by atoms with Crippen LogP contribution in [0, 0.1) is 0 Å². The highest BCUT2D eigenvalue weighted by Crippen LogP contribution is 2.40. The van der Waals surface area contributed by atoms with Gasteiger partial charge >= 0.3 is 0 Å². The number of aliphatic hydroxyl groups is 2. The van der Waals surface area contributed by atoms with Gasteiger partial charge < -0.3 is 29.2 Å². The molecule has 2 aliphatic heterocycles. The van der Waals surface area contributed by atoms with Gasteiger partial charge in [0.05, 0.1) is 13.2 Å². The Morgan fingerprint density at radius 2 is 1.64 bits per heavy atom. The zero-order chi connectivity index (χ0) is 19.8. The SMILES string of the molecule is CC1(C)OC[C@]2(OC[C@@H](O)[C@@H](O)[C@H]2OCc2ccc(-c3ccccc3)cc2)O1. The predicted molar refractivity (Wildman–Crippen MR) is 102 cm³/mol. The van der Waals surface area contributed by atoms with Crippen LogP contribution in [0.5, 0.6) is 0 Å². The van der Waals surface area contributed by atoms with Crippen molar-refractivity contribution in [1.29, 1.82) is 0 Å². The van der Waals surface area contributed by atoms with Gasteiger partial charge in [0, 0.05) is 0 Å². The summed E-state index contributed by atoms with van der Waals surface area (Å²) >= 11 is 0. The monoisotopic (exact) mass is 386 g/mol. The van der Waals surface area contributed by atoms with Crippen molar-refractivity contribution in [3.8, 4) is 11.1 Å². The van der Waals surface area contributed by atoms with Crippen molar-refractivity contribution in [2.24, 2.45) is 0 Å². The maximum Gasteiger partial charge on any atom is 0.224 e. The average Bonchev–Trinajstić information content (AvgIpc) is 3.01. The lowest BCUT2D eigenvalue weighted by atomic mass is 9.97. The second kappa shape index (κ2) is 7.55. The van der Waals surface area contributed by atoms with Crippen LogP contribution in [0.15, 0.2) is 54.6 Å². The van der Waals surface area contributed by atoms with Gasteiger partial charge in [0.1, 0.15) is 24.9 Å². The summed E-state index contributed by atoms with van der Waals surface area (Å²) < 4.78 is 23.3. The van der Waals surface area contributed by atoms with E-state index < -0.39 is 29.9 Å². The summed E-state index contributed by atoms with van der Waals surface area (Å²) in [5.74, 6) is -2.08. The van der Waals surface area contributed by atoms with Crippen LogP contribution < -0.4 is 0 Å². The molecule has 150 valence electrons. The largest absolute Gasteiger partial charge is 0.388 e. The molecule has 6 heteroatoms. The maximum atomic E-state index is 10.5. The zero-order valence-corrected chi connectivity index (χ0v) is 16.1. The summed E-state index contributed by atoms with van der Waals surface area (Å²) in [4.78, 5) is 0. The van der Waals surface area contributed by atoms with Gasteiger partial charge in [0.2, 0.25) is 5.79 Å². The van der Waals surface area contributed by atoms with Gasteiger partial charge in [-0.2, -0.15) is 0 Å². The van der Waals surface area contributed by atoms with Crippen LogP contribution in [0.25, 0.3) is 11.1 Å². The van der Waals surface area contributed by atoms with Gasteiger partial charge in [-0.15, -0.1) is 0 Å². The molecule has 0 radical (unpaired) electrons. The van der Waals surface area contributed by atoms with Crippen LogP contribution >= 0.6 is 0 Å². The van der Waals surface area contributed by atoms with Gasteiger partial charge in [0.15, 0.2) is 5.79 Å². The maximum absolute atomic E-state index is 10.5. The molecule has 2 aliphatic rings. The molecule has 1 spiro atoms. The molecule has 0 aliphatic carbocycles. The quantitative estimate of drug-likeness (QED) is 0.841. The molecule has 2 heterocycles. The average molecular weight is 386 g/mol. The first-order valence-electron chi connectivity index (χ1n) is 9.49. The molecule has 6 nitrogen and oxygen atoms in total. The van der Waals surface area contributed by atoms with Gasteiger partial charge in [-0.25, -0.2) is 0 Å². The number of benzene rings is 2. The molecular weight excluding hydrogens is 360 g/mol. The summed E-state index contributed by atoms with van der Waals surface area (Å²) in [5.41, 5.74) is 3.21. The zero-order valence-electron chi connectivity index (χ0n) is 16.1. The predicted octanol–water partition coefficient (Wildman–Crippen LogP) is 2.47. The van der Waals surface area contributed by atoms with E-state index in [2.05, 4.69) is 12.1 Å². The third kappa shape index (κ3) is 3.85. The molecule has 2 aromatic rings. The van der Waals surface area contributed by atoms with Gasteiger partial charge in [-0.1, -0.05) is 54.6 Å². The van der Waals surface area contributed by atoms with Crippen molar-refractivity contribution in [2.45, 2.75) is 50.3 Å². The first kappa shape index (κ1) is 19.5. The lowest BCUT2D eigenvalue weighted by Crippen LogP contribution is -2.63. The van der Waals surface area contributed by atoms with Crippen molar-refractivity contribution in [3.05, 3.63) is 60.2 Å². The molecule has 0 amide bonds. The van der Waals surface area contributed by atoms with E-state index in [1.165, 1.54) is 0 Å². The number of aliphatic hydroxyl groups excluding tert-OH is 2. The lowest BCUT2D eigenvalue weighted by Gasteiger charge is -2.44. The molecule has 2 aromatic carbocycles. The number of ether oxygens (including phenoxy) is 4. The highest BCUT2D eigenvalue weighted by atomic mass is 16.8. The Hall–Kier alpha value is -1.80. The number of rotatable bonds is 4. The van der Waals surface area contributed by atoms with Crippen molar-refractivity contribution in [1.82, 2.24) is 0 Å². The minimum Gasteiger partial charge on any atom is -0.388 e. The molecule has 0 bridgehead atoms. The molecule has 0 aromatic heterocycles. The summed E-state index contributed by atoms with van der Waals surface area (Å²) in [6.45, 7) is 3.90. The molecule has 4 rings (SSSR count). The van der Waals surface area contributed by atoms with E-state index in [1.807, 2.05) is 42.5 Å².